The van der Waals surface area contributed by atoms with Gasteiger partial charge in [-0.1, -0.05) is 12.8 Å². The van der Waals surface area contributed by atoms with Crippen LogP contribution in [0.15, 0.2) is 12.1 Å². The molecule has 1 unspecified atom stereocenters. The maximum Gasteiger partial charge on any atom is 0.153 e. The van der Waals surface area contributed by atoms with Gasteiger partial charge in [0.15, 0.2) is 6.23 Å². The van der Waals surface area contributed by atoms with Crippen molar-refractivity contribution >= 4 is 27.6 Å². The molecule has 172 valence electrons. The number of pyridine rings is 1. The average molecular weight is 465 g/mol. The highest BCUT2D eigenvalue weighted by Gasteiger charge is 2.39. The van der Waals surface area contributed by atoms with E-state index in [0.29, 0.717) is 13.2 Å². The second-order valence-electron chi connectivity index (χ2n) is 9.48. The van der Waals surface area contributed by atoms with Crippen LogP contribution in [0.1, 0.15) is 56.5 Å². The van der Waals surface area contributed by atoms with Crippen LogP contribution in [0, 0.1) is 18.3 Å². The second kappa shape index (κ2) is 8.05. The number of anilines is 1. The van der Waals surface area contributed by atoms with Crippen molar-refractivity contribution in [2.45, 2.75) is 63.6 Å². The molecule has 0 radical (unpaired) electrons. The molecule has 6 rings (SSSR count). The lowest BCUT2D eigenvalue weighted by Crippen LogP contribution is -2.44. The number of hydrogen-bond acceptors (Lipinski definition) is 8. The fraction of sp³-hybridized carbons (Fsp3) is 0.583. The van der Waals surface area contributed by atoms with Gasteiger partial charge in [-0.15, -0.1) is 0 Å². The molecule has 0 bridgehead atoms. The van der Waals surface area contributed by atoms with Crippen molar-refractivity contribution in [2.75, 3.05) is 31.3 Å². The first kappa shape index (κ1) is 21.0. The van der Waals surface area contributed by atoms with Gasteiger partial charge < -0.3 is 14.4 Å². The zero-order valence-electron chi connectivity index (χ0n) is 19.1. The predicted octanol–water partition coefficient (Wildman–Crippen LogP) is 4.34. The van der Waals surface area contributed by atoms with Crippen molar-refractivity contribution in [3.05, 3.63) is 23.4 Å². The molecule has 2 saturated heterocycles. The first-order valence-electron chi connectivity index (χ1n) is 11.8. The molecule has 33 heavy (non-hydrogen) atoms. The van der Waals surface area contributed by atoms with E-state index in [1.165, 1.54) is 11.5 Å². The molecule has 3 aliphatic rings. The van der Waals surface area contributed by atoms with Crippen LogP contribution in [-0.2, 0) is 14.9 Å². The zero-order chi connectivity index (χ0) is 22.6. The van der Waals surface area contributed by atoms with E-state index in [4.69, 9.17) is 23.9 Å². The normalized spacial score (nSPS) is 24.7. The summed E-state index contributed by atoms with van der Waals surface area (Å²) in [6.45, 7) is 7.07. The van der Waals surface area contributed by atoms with Crippen molar-refractivity contribution in [1.82, 2.24) is 19.1 Å². The minimum Gasteiger partial charge on any atom is -0.377 e. The van der Waals surface area contributed by atoms with Crippen molar-refractivity contribution in [2.24, 2.45) is 0 Å². The highest BCUT2D eigenvalue weighted by atomic mass is 32.1. The molecular formula is C24H28N6O2S. The third-order valence-electron chi connectivity index (χ3n) is 7.31. The molecule has 9 heteroatoms. The summed E-state index contributed by atoms with van der Waals surface area (Å²) >= 11 is 1.46. The van der Waals surface area contributed by atoms with Gasteiger partial charge >= 0.3 is 0 Å². The lowest BCUT2D eigenvalue weighted by atomic mass is 9.80. The Bertz CT molecular complexity index is 1230. The zero-order valence-corrected chi connectivity index (χ0v) is 19.9. The van der Waals surface area contributed by atoms with Crippen molar-refractivity contribution < 1.29 is 9.47 Å². The number of morpholine rings is 1. The highest BCUT2D eigenvalue weighted by Crippen LogP contribution is 2.47. The summed E-state index contributed by atoms with van der Waals surface area (Å²) in [6, 6.07) is 7.16. The number of aromatic nitrogens is 4. The van der Waals surface area contributed by atoms with Gasteiger partial charge in [-0.25, -0.2) is 9.67 Å². The van der Waals surface area contributed by atoms with Crippen molar-refractivity contribution in [3.63, 3.8) is 0 Å². The summed E-state index contributed by atoms with van der Waals surface area (Å²) in [5, 5.41) is 15.0. The lowest BCUT2D eigenvalue weighted by Gasteiger charge is -2.35. The molecule has 1 saturated carbocycles. The third-order valence-corrected chi connectivity index (χ3v) is 8.18. The van der Waals surface area contributed by atoms with Crippen LogP contribution >= 0.6 is 11.5 Å². The number of rotatable bonds is 4. The van der Waals surface area contributed by atoms with E-state index < -0.39 is 5.41 Å². The average Bonchev–Trinajstić information content (AvgIpc) is 3.51. The molecule has 3 fully saturated rings. The summed E-state index contributed by atoms with van der Waals surface area (Å²) in [4.78, 5) is 7.47. The van der Waals surface area contributed by atoms with Crippen LogP contribution < -0.4 is 4.90 Å². The van der Waals surface area contributed by atoms with Crippen LogP contribution in [-0.4, -0.2) is 51.5 Å². The number of ether oxygens (including phenoxy) is 2. The minimum atomic E-state index is -0.470. The SMILES string of the molecule is Cc1cc(-c2nsc3c(C4(C#N)CCCC4)cc(N4CCOC[C@H]4C)nc23)n(C2CCO2)n1. The van der Waals surface area contributed by atoms with E-state index in [0.717, 1.165) is 83.9 Å². The Morgan fingerprint density at radius 3 is 2.76 bits per heavy atom. The van der Waals surface area contributed by atoms with E-state index in [2.05, 4.69) is 30.0 Å². The Morgan fingerprint density at radius 1 is 1.24 bits per heavy atom. The third kappa shape index (κ3) is 3.35. The maximum atomic E-state index is 10.3. The minimum absolute atomic E-state index is 0.0485. The van der Waals surface area contributed by atoms with Crippen molar-refractivity contribution in [3.8, 4) is 17.5 Å². The van der Waals surface area contributed by atoms with E-state index in [9.17, 15) is 5.26 Å². The highest BCUT2D eigenvalue weighted by molar-refractivity contribution is 7.13. The Balaban J connectivity index is 1.57. The maximum absolute atomic E-state index is 10.3. The number of nitrogens with zero attached hydrogens (tertiary/aromatic N) is 6. The molecule has 0 aromatic carbocycles. The van der Waals surface area contributed by atoms with Gasteiger partial charge in [0.1, 0.15) is 17.0 Å². The van der Waals surface area contributed by atoms with Crippen LogP contribution in [0.2, 0.25) is 0 Å². The number of fused-ring (bicyclic) bond motifs is 1. The van der Waals surface area contributed by atoms with Gasteiger partial charge in [0, 0.05) is 13.0 Å². The van der Waals surface area contributed by atoms with E-state index >= 15 is 0 Å². The first-order valence-corrected chi connectivity index (χ1v) is 12.6. The predicted molar refractivity (Wildman–Crippen MR) is 126 cm³/mol. The summed E-state index contributed by atoms with van der Waals surface area (Å²) < 4.78 is 19.3. The molecule has 2 atom stereocenters. The summed E-state index contributed by atoms with van der Waals surface area (Å²) in [5.74, 6) is 0.916. The van der Waals surface area contributed by atoms with Gasteiger partial charge in [-0.2, -0.15) is 14.7 Å². The summed E-state index contributed by atoms with van der Waals surface area (Å²) in [5.41, 5.74) is 4.19. The summed E-state index contributed by atoms with van der Waals surface area (Å²) in [6.07, 6.45) is 4.84. The van der Waals surface area contributed by atoms with Crippen LogP contribution in [0.4, 0.5) is 5.82 Å². The number of nitriles is 1. The number of hydrogen-bond donors (Lipinski definition) is 0. The Kier molecular flexibility index (Phi) is 5.13. The molecule has 0 amide bonds. The van der Waals surface area contributed by atoms with E-state index in [1.54, 1.807) is 0 Å². The molecule has 1 aliphatic carbocycles. The molecule has 3 aromatic heterocycles. The molecule has 5 heterocycles. The monoisotopic (exact) mass is 464 g/mol. The van der Waals surface area contributed by atoms with Gasteiger partial charge in [0.2, 0.25) is 0 Å². The van der Waals surface area contributed by atoms with Crippen LogP contribution in [0.5, 0.6) is 0 Å². The molecule has 8 nitrogen and oxygen atoms in total. The quantitative estimate of drug-likeness (QED) is 0.567. The van der Waals surface area contributed by atoms with Gasteiger partial charge in [-0.3, -0.25) is 0 Å². The largest absolute Gasteiger partial charge is 0.377 e. The molecule has 0 spiro atoms. The summed E-state index contributed by atoms with van der Waals surface area (Å²) in [7, 11) is 0. The fourth-order valence-electron chi connectivity index (χ4n) is 5.39. The second-order valence-corrected chi connectivity index (χ2v) is 10.3. The van der Waals surface area contributed by atoms with Gasteiger partial charge in [0.05, 0.1) is 53.4 Å². The number of aryl methyl sites for hydroxylation is 1. The Hall–Kier alpha value is -2.54. The van der Waals surface area contributed by atoms with E-state index in [1.807, 2.05) is 11.6 Å². The Morgan fingerprint density at radius 2 is 2.06 bits per heavy atom. The van der Waals surface area contributed by atoms with Gasteiger partial charge in [0.25, 0.3) is 0 Å². The molecule has 3 aromatic rings. The standard InChI is InChI=1S/C24H28N6O2S/c1-15-11-18(30(27-15)20-5-9-32-20)21-22-23(33-28-21)17(24(14-25)6-3-4-7-24)12-19(26-22)29-8-10-31-13-16(29)2/h11-12,16,20H,3-10,13H2,1-2H3/t16-,20?/m1/s1. The molecule has 0 N–H and O–H groups in total. The smallest absolute Gasteiger partial charge is 0.153 e. The molecule has 2 aliphatic heterocycles. The van der Waals surface area contributed by atoms with E-state index in [-0.39, 0.29) is 12.3 Å². The topological polar surface area (TPSA) is 89.1 Å². The first-order chi connectivity index (χ1) is 16.1. The fourth-order valence-corrected chi connectivity index (χ4v) is 6.34. The lowest BCUT2D eigenvalue weighted by molar-refractivity contribution is -0.105. The molecular weight excluding hydrogens is 436 g/mol. The Labute approximate surface area is 197 Å². The van der Waals surface area contributed by atoms with Gasteiger partial charge in [-0.05, 0) is 55.9 Å². The van der Waals surface area contributed by atoms with Crippen LogP contribution in [0.25, 0.3) is 21.6 Å². The van der Waals surface area contributed by atoms with Crippen molar-refractivity contribution in [1.29, 1.82) is 5.26 Å². The van der Waals surface area contributed by atoms with Crippen LogP contribution in [0.3, 0.4) is 0 Å².